The molecule has 23 N–H and O–H groups in total. The lowest BCUT2D eigenvalue weighted by molar-refractivity contribution is -0.143. The summed E-state index contributed by atoms with van der Waals surface area (Å²) in [6.45, 7) is 8.52. The number of nitrogens with one attached hydrogen (secondary N) is 13. The van der Waals surface area contributed by atoms with Gasteiger partial charge < -0.3 is 102 Å². The van der Waals surface area contributed by atoms with Gasteiger partial charge in [-0.25, -0.2) is 0 Å². The lowest BCUT2D eigenvalue weighted by atomic mass is 9.97. The molecule has 34 nitrogen and oxygen atoms in total. The van der Waals surface area contributed by atoms with Gasteiger partial charge >= 0.3 is 0 Å². The molecule has 3 aliphatic rings. The van der Waals surface area contributed by atoms with E-state index >= 15 is 33.6 Å². The Hall–Kier alpha value is -12.3. The monoisotopic (exact) mass is 1710 g/mol. The van der Waals surface area contributed by atoms with Crippen LogP contribution in [0, 0.1) is 22.7 Å². The molecule has 0 aliphatic carbocycles. The molecule has 0 radical (unpaired) electrons. The van der Waals surface area contributed by atoms with Crippen LogP contribution in [0.1, 0.15) is 152 Å². The molecule has 3 aliphatic heterocycles. The van der Waals surface area contributed by atoms with E-state index in [4.69, 9.17) is 39.5 Å². The first-order valence-electron chi connectivity index (χ1n) is 43.3. The SMILES string of the molecule is CC[C@H](C)[C@H](N)C(=O)N[C@@H](CC(C)C)C(=O)N1CCC[C@H]1C(=O)N[C@H](Cc1ccccc1)C(=O)N[C@@H](CCCCN)C(=O)N[C@H](Cc1ccccc1)C(=O)N1CCC[C@H]1C(=O)N[C@H](Cc1ccccc1)C(=O)N[C@H](Cc1ccccc1)C(=O)N1CCC[C@H]1C(=O)N[C@H](Cc1ccccc1)C(=O)N[C@@H](CCCNC(=N)N)C(=O)N[C@@H](CCCNC(=N)N)C(N)=O. The number of hydrogen-bond acceptors (Lipinski definition) is 17. The number of benzene rings is 5. The summed E-state index contributed by atoms with van der Waals surface area (Å²) in [5.41, 5.74) is 32.2. The fraction of sp³-hybridized carbons (Fsp3) is 0.500. The molecule has 14 atom stereocenters. The van der Waals surface area contributed by atoms with Crippen LogP contribution >= 0.6 is 0 Å². The summed E-state index contributed by atoms with van der Waals surface area (Å²) < 4.78 is 0. The first kappa shape index (κ1) is 97.1. The first-order chi connectivity index (χ1) is 59.5. The summed E-state index contributed by atoms with van der Waals surface area (Å²) in [7, 11) is 0. The topological polar surface area (TPSA) is 542 Å². The van der Waals surface area contributed by atoms with Gasteiger partial charge in [-0.3, -0.25) is 73.1 Å². The van der Waals surface area contributed by atoms with Crippen molar-refractivity contribution < 1.29 is 62.3 Å². The molecule has 0 unspecified atom stereocenters. The number of nitrogens with two attached hydrogens (primary N) is 5. The van der Waals surface area contributed by atoms with Crippen LogP contribution in [0.4, 0.5) is 0 Å². The normalized spacial score (nSPS) is 17.5. The molecule has 0 aromatic heterocycles. The Bertz CT molecular complexity index is 4380. The van der Waals surface area contributed by atoms with E-state index < -0.39 is 155 Å². The second-order valence-electron chi connectivity index (χ2n) is 32.8. The van der Waals surface area contributed by atoms with Crippen LogP contribution in [-0.4, -0.2) is 221 Å². The van der Waals surface area contributed by atoms with E-state index in [0.29, 0.717) is 66.3 Å². The Kier molecular flexibility index (Phi) is 38.9. The molecule has 3 saturated heterocycles. The Morgan fingerprint density at radius 3 is 0.960 bits per heavy atom. The van der Waals surface area contributed by atoms with Crippen molar-refractivity contribution in [1.29, 1.82) is 10.8 Å². The summed E-state index contributed by atoms with van der Waals surface area (Å²) in [4.78, 5) is 196. The highest BCUT2D eigenvalue weighted by Crippen LogP contribution is 2.26. The minimum Gasteiger partial charge on any atom is -0.370 e. The molecule has 5 aromatic rings. The molecular formula is C90H127N21O13. The fourth-order valence-corrected chi connectivity index (χ4v) is 15.8. The maximum Gasteiger partial charge on any atom is 0.246 e. The van der Waals surface area contributed by atoms with Crippen molar-refractivity contribution in [3.63, 3.8) is 0 Å². The van der Waals surface area contributed by atoms with Crippen molar-refractivity contribution in [3.8, 4) is 0 Å². The number of guanidine groups is 2. The zero-order valence-corrected chi connectivity index (χ0v) is 71.5. The molecule has 34 heteroatoms. The highest BCUT2D eigenvalue weighted by atomic mass is 16.2. The van der Waals surface area contributed by atoms with Crippen molar-refractivity contribution in [2.24, 2.45) is 40.5 Å². The van der Waals surface area contributed by atoms with Crippen LogP contribution in [0.25, 0.3) is 0 Å². The standard InChI is InChI=1S/C90H127N21O13/c1-5-57(4)75(92)85(121)108-69(50-56(2)3)86(122)109-47-25-41-72(109)82(118)103-66(51-58-28-11-6-12-29-58)79(115)101-64(38-21-22-44-91)78(114)106-70(54-61-34-17-9-18-35-61)87(123)110-48-26-43-74(110)84(120)105-68(53-60-32-15-8-16-33-60)81(117)107-71(55-62-36-19-10-20-37-62)88(124)111-49-27-42-73(111)83(119)104-67(52-59-30-13-7-14-31-59)80(116)102-65(40-24-46-99-90(96)97)77(113)100-63(76(93)112)39-23-45-98-89(94)95/h6-20,28-37,56-57,63-75H,5,21-27,38-55,91-92H2,1-4H3,(H2,93,112)(H,100,113)(H,101,115)(H,102,116)(H,103,118)(H,104,119)(H,105,120)(H,106,114)(H,107,117)(H,108,121)(H4,94,95,98)(H4,96,97,99)/t57-,63-,64-,65-,66+,67+,68+,69-,70+,71+,72-,73-,74-,75-/m0/s1. The predicted molar refractivity (Wildman–Crippen MR) is 470 cm³/mol. The number of likely N-dealkylation sites (tertiary alicyclic amines) is 3. The summed E-state index contributed by atoms with van der Waals surface area (Å²) in [5.74, 6) is -9.75. The summed E-state index contributed by atoms with van der Waals surface area (Å²) in [5, 5.41) is 46.2. The third kappa shape index (κ3) is 30.3. The highest BCUT2D eigenvalue weighted by Gasteiger charge is 2.45. The summed E-state index contributed by atoms with van der Waals surface area (Å²) in [6, 6.07) is 28.5. The van der Waals surface area contributed by atoms with Gasteiger partial charge in [0.1, 0.15) is 72.5 Å². The lowest BCUT2D eigenvalue weighted by Crippen LogP contribution is -2.61. The highest BCUT2D eigenvalue weighted by molar-refractivity contribution is 6.01. The fourth-order valence-electron chi connectivity index (χ4n) is 15.8. The number of amides is 13. The van der Waals surface area contributed by atoms with Gasteiger partial charge in [0, 0.05) is 64.8 Å². The zero-order valence-electron chi connectivity index (χ0n) is 71.5. The van der Waals surface area contributed by atoms with Gasteiger partial charge in [0.2, 0.25) is 76.8 Å². The van der Waals surface area contributed by atoms with Crippen LogP contribution in [0.5, 0.6) is 0 Å². The molecule has 0 spiro atoms. The Labute approximate surface area is 725 Å². The van der Waals surface area contributed by atoms with Gasteiger partial charge in [-0.2, -0.15) is 0 Å². The number of nitrogens with zero attached hydrogens (tertiary/aromatic N) is 3. The van der Waals surface area contributed by atoms with Crippen LogP contribution in [0.15, 0.2) is 152 Å². The lowest BCUT2D eigenvalue weighted by Gasteiger charge is -2.32. The number of unbranched alkanes of at least 4 members (excludes halogenated alkanes) is 1. The van der Waals surface area contributed by atoms with Crippen LogP contribution in [0.3, 0.4) is 0 Å². The van der Waals surface area contributed by atoms with E-state index in [2.05, 4.69) is 58.5 Å². The molecule has 0 bridgehead atoms. The second-order valence-corrected chi connectivity index (χ2v) is 32.8. The minimum atomic E-state index is -1.39. The van der Waals surface area contributed by atoms with Crippen molar-refractivity contribution in [2.45, 2.75) is 235 Å². The molecular weight excluding hydrogens is 1580 g/mol. The summed E-state index contributed by atoms with van der Waals surface area (Å²) >= 11 is 0. The predicted octanol–water partition coefficient (Wildman–Crippen LogP) is 1.10. The third-order valence-electron chi connectivity index (χ3n) is 22.8. The quantitative estimate of drug-likeness (QED) is 0.0147. The largest absolute Gasteiger partial charge is 0.370 e. The van der Waals surface area contributed by atoms with Crippen molar-refractivity contribution in [2.75, 3.05) is 39.3 Å². The van der Waals surface area contributed by atoms with Gasteiger partial charge in [-0.05, 0) is 136 Å². The molecule has 670 valence electrons. The number of carbonyl (C=O) groups excluding carboxylic acids is 13. The van der Waals surface area contributed by atoms with Gasteiger partial charge in [0.25, 0.3) is 0 Å². The molecule has 13 amide bonds. The molecule has 5 aromatic carbocycles. The number of primary amides is 1. The summed E-state index contributed by atoms with van der Waals surface area (Å²) in [6.07, 6.45) is 3.59. The zero-order chi connectivity index (χ0) is 89.8. The van der Waals surface area contributed by atoms with Crippen molar-refractivity contribution >= 4 is 88.7 Å². The van der Waals surface area contributed by atoms with Gasteiger partial charge in [-0.1, -0.05) is 186 Å². The Morgan fingerprint density at radius 2 is 0.653 bits per heavy atom. The van der Waals surface area contributed by atoms with E-state index in [0.717, 1.165) is 0 Å². The minimum absolute atomic E-state index is 0.0252. The van der Waals surface area contributed by atoms with E-state index in [-0.39, 0.29) is 153 Å². The van der Waals surface area contributed by atoms with Gasteiger partial charge in [0.15, 0.2) is 11.9 Å². The van der Waals surface area contributed by atoms with Gasteiger partial charge in [-0.15, -0.1) is 0 Å². The number of hydrogen-bond donors (Lipinski definition) is 18. The molecule has 124 heavy (non-hydrogen) atoms. The number of carbonyl (C=O) groups is 13. The van der Waals surface area contributed by atoms with E-state index in [1.54, 1.807) is 152 Å². The van der Waals surface area contributed by atoms with E-state index in [1.807, 2.05) is 27.7 Å². The maximum absolute atomic E-state index is 15.6. The average Bonchev–Trinajstić information content (AvgIpc) is 1.63. The molecule has 3 heterocycles. The average molecular weight is 1710 g/mol. The van der Waals surface area contributed by atoms with Gasteiger partial charge in [0.05, 0.1) is 6.04 Å². The van der Waals surface area contributed by atoms with Crippen molar-refractivity contribution in [3.05, 3.63) is 179 Å². The van der Waals surface area contributed by atoms with Crippen molar-refractivity contribution in [1.82, 2.24) is 73.2 Å². The maximum atomic E-state index is 15.6. The Balaban J connectivity index is 1.02. The molecule has 8 rings (SSSR count). The van der Waals surface area contributed by atoms with E-state index in [1.165, 1.54) is 14.7 Å². The number of rotatable bonds is 48. The van der Waals surface area contributed by atoms with Crippen LogP contribution in [-0.2, 0) is 94.4 Å². The first-order valence-corrected chi connectivity index (χ1v) is 43.3. The third-order valence-corrected chi connectivity index (χ3v) is 22.8. The van der Waals surface area contributed by atoms with Crippen LogP contribution < -0.4 is 87.2 Å². The van der Waals surface area contributed by atoms with E-state index in [9.17, 15) is 28.8 Å². The molecule has 0 saturated carbocycles. The smallest absolute Gasteiger partial charge is 0.246 e. The second kappa shape index (κ2) is 49.7. The Morgan fingerprint density at radius 1 is 0.371 bits per heavy atom. The van der Waals surface area contributed by atoms with Crippen LogP contribution in [0.2, 0.25) is 0 Å². The molecule has 3 fully saturated rings.